The van der Waals surface area contributed by atoms with Gasteiger partial charge in [-0.3, -0.25) is 14.4 Å². The number of carbonyl (C=O) groups is 1. The minimum atomic E-state index is -0.176. The number of rotatable bonds is 8. The highest BCUT2D eigenvalue weighted by molar-refractivity contribution is 7.22. The van der Waals surface area contributed by atoms with Crippen molar-refractivity contribution in [3.63, 3.8) is 0 Å². The molecule has 0 saturated carbocycles. The molecule has 0 aliphatic rings. The second-order valence-electron chi connectivity index (χ2n) is 7.10. The lowest BCUT2D eigenvalue weighted by Gasteiger charge is -2.20. The van der Waals surface area contributed by atoms with Crippen molar-refractivity contribution in [1.29, 1.82) is 0 Å². The number of halogens is 1. The van der Waals surface area contributed by atoms with Crippen LogP contribution in [-0.4, -0.2) is 67.0 Å². The zero-order valence-corrected chi connectivity index (χ0v) is 19.8. The third-order valence-corrected chi connectivity index (χ3v) is 5.81. The first-order chi connectivity index (χ1) is 13.8. The fourth-order valence-electron chi connectivity index (χ4n) is 3.12. The minimum absolute atomic E-state index is 0. The number of aromatic nitrogens is 3. The first kappa shape index (κ1) is 23.9. The highest BCUT2D eigenvalue weighted by Gasteiger charge is 2.26. The van der Waals surface area contributed by atoms with Gasteiger partial charge in [0.15, 0.2) is 5.13 Å². The van der Waals surface area contributed by atoms with Crippen LogP contribution in [0.25, 0.3) is 10.2 Å². The summed E-state index contributed by atoms with van der Waals surface area (Å²) in [7, 11) is 8.94. The second-order valence-corrected chi connectivity index (χ2v) is 8.08. The SMILES string of the molecule is COc1nn(C)cc1C(=O)N(CCCN(C)C)c1nc2c(OC)ccc(C)c2s1.Cl. The van der Waals surface area contributed by atoms with E-state index in [1.54, 1.807) is 29.9 Å². The van der Waals surface area contributed by atoms with Gasteiger partial charge in [0, 0.05) is 19.8 Å². The van der Waals surface area contributed by atoms with Crippen molar-refractivity contribution in [2.45, 2.75) is 13.3 Å². The molecule has 0 atom stereocenters. The monoisotopic (exact) mass is 453 g/mol. The summed E-state index contributed by atoms with van der Waals surface area (Å²) in [6.45, 7) is 3.43. The van der Waals surface area contributed by atoms with Crippen molar-refractivity contribution in [3.8, 4) is 11.6 Å². The largest absolute Gasteiger partial charge is 0.494 e. The second kappa shape index (κ2) is 10.1. The molecule has 0 aliphatic heterocycles. The van der Waals surface area contributed by atoms with Gasteiger partial charge in [0.05, 0.1) is 18.9 Å². The maximum atomic E-state index is 13.4. The van der Waals surface area contributed by atoms with E-state index in [0.29, 0.717) is 28.9 Å². The fraction of sp³-hybridized carbons (Fsp3) is 0.450. The van der Waals surface area contributed by atoms with Crippen LogP contribution in [0.4, 0.5) is 5.13 Å². The Morgan fingerprint density at radius 3 is 2.57 bits per heavy atom. The number of benzene rings is 1. The number of ether oxygens (including phenoxy) is 2. The minimum Gasteiger partial charge on any atom is -0.494 e. The van der Waals surface area contributed by atoms with Gasteiger partial charge in [-0.2, -0.15) is 0 Å². The topological polar surface area (TPSA) is 72.7 Å². The van der Waals surface area contributed by atoms with E-state index in [1.165, 1.54) is 18.4 Å². The van der Waals surface area contributed by atoms with Gasteiger partial charge in [0.1, 0.15) is 16.8 Å². The van der Waals surface area contributed by atoms with Gasteiger partial charge in [-0.1, -0.05) is 17.4 Å². The Hall–Kier alpha value is -2.36. The number of carbonyl (C=O) groups excluding carboxylic acids is 1. The molecule has 1 amide bonds. The zero-order chi connectivity index (χ0) is 21.1. The smallest absolute Gasteiger partial charge is 0.267 e. The van der Waals surface area contributed by atoms with E-state index in [9.17, 15) is 4.79 Å². The standard InChI is InChI=1S/C20H27N5O3S.ClH/c1-13-8-9-15(27-5)16-17(13)29-20(21-16)25(11-7-10-23(2)3)19(26)14-12-24(4)22-18(14)28-6;/h8-9,12H,7,10-11H2,1-6H3;1H. The summed E-state index contributed by atoms with van der Waals surface area (Å²) in [6, 6.07) is 3.91. The van der Waals surface area contributed by atoms with E-state index in [0.717, 1.165) is 28.7 Å². The van der Waals surface area contributed by atoms with Gasteiger partial charge in [-0.25, -0.2) is 4.98 Å². The Morgan fingerprint density at radius 2 is 1.93 bits per heavy atom. The fourth-order valence-corrected chi connectivity index (χ4v) is 4.19. The molecule has 0 spiro atoms. The molecule has 3 rings (SSSR count). The number of nitrogens with zero attached hydrogens (tertiary/aromatic N) is 5. The number of hydrogen-bond donors (Lipinski definition) is 0. The van der Waals surface area contributed by atoms with Crippen molar-refractivity contribution in [3.05, 3.63) is 29.5 Å². The van der Waals surface area contributed by atoms with E-state index in [4.69, 9.17) is 14.5 Å². The highest BCUT2D eigenvalue weighted by atomic mass is 35.5. The molecule has 2 aromatic heterocycles. The van der Waals surface area contributed by atoms with Crippen LogP contribution in [0.1, 0.15) is 22.3 Å². The molecule has 164 valence electrons. The Kier molecular flexibility index (Phi) is 8.05. The van der Waals surface area contributed by atoms with E-state index in [1.807, 2.05) is 33.2 Å². The third-order valence-electron chi connectivity index (χ3n) is 4.59. The summed E-state index contributed by atoms with van der Waals surface area (Å²) in [5.41, 5.74) is 2.29. The first-order valence-corrected chi connectivity index (χ1v) is 10.2. The van der Waals surface area contributed by atoms with Gasteiger partial charge in [-0.05, 0) is 45.6 Å². The number of methoxy groups -OCH3 is 2. The van der Waals surface area contributed by atoms with Crippen molar-refractivity contribution in [1.82, 2.24) is 19.7 Å². The third kappa shape index (κ3) is 4.85. The Bertz CT molecular complexity index is 1020. The lowest BCUT2D eigenvalue weighted by Crippen LogP contribution is -2.33. The molecular weight excluding hydrogens is 426 g/mol. The molecular formula is C20H28ClN5O3S. The molecule has 0 unspecified atom stereocenters. The molecule has 0 fully saturated rings. The Morgan fingerprint density at radius 1 is 1.20 bits per heavy atom. The summed E-state index contributed by atoms with van der Waals surface area (Å²) in [5.74, 6) is 0.835. The van der Waals surface area contributed by atoms with Gasteiger partial charge in [0.2, 0.25) is 5.88 Å². The molecule has 0 radical (unpaired) electrons. The Labute approximate surface area is 186 Å². The molecule has 30 heavy (non-hydrogen) atoms. The molecule has 10 heteroatoms. The predicted octanol–water partition coefficient (Wildman–Crippen LogP) is 3.38. The van der Waals surface area contributed by atoms with Crippen molar-refractivity contribution in [2.24, 2.45) is 7.05 Å². The number of amides is 1. The summed E-state index contributed by atoms with van der Waals surface area (Å²) < 4.78 is 13.4. The quantitative estimate of drug-likeness (QED) is 0.520. The van der Waals surface area contributed by atoms with Crippen LogP contribution < -0.4 is 14.4 Å². The van der Waals surface area contributed by atoms with Crippen LogP contribution in [0.2, 0.25) is 0 Å². The lowest BCUT2D eigenvalue weighted by atomic mass is 10.2. The van der Waals surface area contributed by atoms with Crippen molar-refractivity contribution < 1.29 is 14.3 Å². The molecule has 0 N–H and O–H groups in total. The average molecular weight is 454 g/mol. The number of anilines is 1. The number of aryl methyl sites for hydroxylation is 2. The van der Waals surface area contributed by atoms with Crippen LogP contribution in [0, 0.1) is 6.92 Å². The highest BCUT2D eigenvalue weighted by Crippen LogP contribution is 2.37. The van der Waals surface area contributed by atoms with E-state index >= 15 is 0 Å². The van der Waals surface area contributed by atoms with E-state index in [-0.39, 0.29) is 18.3 Å². The predicted molar refractivity (Wildman–Crippen MR) is 123 cm³/mol. The molecule has 3 aromatic rings. The zero-order valence-electron chi connectivity index (χ0n) is 18.1. The molecule has 2 heterocycles. The van der Waals surface area contributed by atoms with E-state index < -0.39 is 0 Å². The molecule has 8 nitrogen and oxygen atoms in total. The van der Waals surface area contributed by atoms with Crippen molar-refractivity contribution >= 4 is 45.0 Å². The molecule has 0 aliphatic carbocycles. The summed E-state index contributed by atoms with van der Waals surface area (Å²) in [5, 5.41) is 4.86. The normalized spacial score (nSPS) is 10.9. The molecule has 0 saturated heterocycles. The summed E-state index contributed by atoms with van der Waals surface area (Å²) in [4.78, 5) is 22.0. The average Bonchev–Trinajstić information content (AvgIpc) is 3.29. The molecule has 1 aromatic carbocycles. The maximum absolute atomic E-state index is 13.4. The van der Waals surface area contributed by atoms with Gasteiger partial charge in [-0.15, -0.1) is 17.5 Å². The van der Waals surface area contributed by atoms with Crippen LogP contribution in [0.3, 0.4) is 0 Å². The van der Waals surface area contributed by atoms with E-state index in [2.05, 4.69) is 10.00 Å². The first-order valence-electron chi connectivity index (χ1n) is 9.34. The number of hydrogen-bond acceptors (Lipinski definition) is 7. The summed E-state index contributed by atoms with van der Waals surface area (Å²) >= 11 is 1.50. The number of fused-ring (bicyclic) bond motifs is 1. The lowest BCUT2D eigenvalue weighted by molar-refractivity contribution is 0.0983. The van der Waals surface area contributed by atoms with Gasteiger partial charge >= 0.3 is 0 Å². The van der Waals surface area contributed by atoms with Gasteiger partial charge in [0.25, 0.3) is 5.91 Å². The van der Waals surface area contributed by atoms with Crippen LogP contribution in [0.5, 0.6) is 11.6 Å². The Balaban J connectivity index is 0.00000320. The van der Waals surface area contributed by atoms with Crippen LogP contribution in [0.15, 0.2) is 18.3 Å². The summed E-state index contributed by atoms with van der Waals surface area (Å²) in [6.07, 6.45) is 2.49. The molecule has 0 bridgehead atoms. The van der Waals surface area contributed by atoms with Gasteiger partial charge < -0.3 is 14.4 Å². The van der Waals surface area contributed by atoms with Crippen molar-refractivity contribution in [2.75, 3.05) is 46.3 Å². The van der Waals surface area contributed by atoms with Crippen LogP contribution >= 0.6 is 23.7 Å². The maximum Gasteiger partial charge on any atom is 0.267 e. The number of thiazole rings is 1. The van der Waals surface area contributed by atoms with Crippen LogP contribution in [-0.2, 0) is 7.05 Å².